The predicted molar refractivity (Wildman–Crippen MR) is 123 cm³/mol. The van der Waals surface area contributed by atoms with Gasteiger partial charge in [0.05, 0.1) is 16.7 Å². The summed E-state index contributed by atoms with van der Waals surface area (Å²) in [4.78, 5) is 17.4. The molecule has 3 aromatic carbocycles. The normalized spacial score (nSPS) is 12.3. The van der Waals surface area contributed by atoms with E-state index in [1.165, 1.54) is 12.1 Å². The van der Waals surface area contributed by atoms with Gasteiger partial charge in [-0.15, -0.1) is 0 Å². The monoisotopic (exact) mass is 445 g/mol. The van der Waals surface area contributed by atoms with E-state index in [0.29, 0.717) is 11.4 Å². The highest BCUT2D eigenvalue weighted by atomic mass is 32.2. The maximum absolute atomic E-state index is 12.9. The zero-order valence-electron chi connectivity index (χ0n) is 17.5. The molecule has 0 radical (unpaired) electrons. The van der Waals surface area contributed by atoms with Crippen LogP contribution >= 0.6 is 0 Å². The minimum absolute atomic E-state index is 0.118. The number of sulfone groups is 1. The number of imidazole rings is 1. The molecule has 0 aliphatic heterocycles. The first-order chi connectivity index (χ1) is 15.4. The summed E-state index contributed by atoms with van der Waals surface area (Å²) in [6.07, 6.45) is 3.52. The summed E-state index contributed by atoms with van der Waals surface area (Å²) < 4.78 is 27.6. The Bertz CT molecular complexity index is 1320. The number of carbonyl (C=O) groups excluding carboxylic acids is 1. The van der Waals surface area contributed by atoms with Crippen molar-refractivity contribution < 1.29 is 13.2 Å². The third kappa shape index (κ3) is 4.78. The quantitative estimate of drug-likeness (QED) is 0.459. The molecule has 0 spiro atoms. The lowest BCUT2D eigenvalue weighted by atomic mass is 10.2. The number of benzene rings is 3. The largest absolute Gasteiger partial charge is 0.342 e. The van der Waals surface area contributed by atoms with Crippen LogP contribution in [-0.4, -0.2) is 23.9 Å². The number of amides is 1. The molecular formula is C25H23N3O3S. The number of carbonyl (C=O) groups is 1. The van der Waals surface area contributed by atoms with Gasteiger partial charge in [0.1, 0.15) is 5.82 Å². The van der Waals surface area contributed by atoms with Gasteiger partial charge in [-0.1, -0.05) is 54.6 Å². The smallest absolute Gasteiger partial charge is 0.251 e. The first-order valence-electron chi connectivity index (χ1n) is 10.2. The van der Waals surface area contributed by atoms with Gasteiger partial charge in [0.2, 0.25) is 0 Å². The second-order valence-corrected chi connectivity index (χ2v) is 9.45. The van der Waals surface area contributed by atoms with Gasteiger partial charge in [0, 0.05) is 23.6 Å². The number of aromatic nitrogens is 2. The molecule has 32 heavy (non-hydrogen) atoms. The van der Waals surface area contributed by atoms with Crippen molar-refractivity contribution in [3.05, 3.63) is 114 Å². The summed E-state index contributed by atoms with van der Waals surface area (Å²) in [7, 11) is -3.58. The number of rotatable bonds is 7. The Hall–Kier alpha value is -3.71. The molecule has 162 valence electrons. The third-order valence-corrected chi connectivity index (χ3v) is 6.78. The average molecular weight is 446 g/mol. The first-order valence-corrected chi connectivity index (χ1v) is 11.9. The van der Waals surface area contributed by atoms with Gasteiger partial charge < -0.3 is 9.88 Å². The number of hydrogen-bond acceptors (Lipinski definition) is 4. The topological polar surface area (TPSA) is 81.1 Å². The second-order valence-electron chi connectivity index (χ2n) is 7.46. The Balaban J connectivity index is 1.52. The Labute approximate surface area is 187 Å². The SMILES string of the molecule is CC(NC(=O)c1cccc(S(=O)(=O)Cc2ccccc2)c1)c1nccn1-c1ccccc1. The van der Waals surface area contributed by atoms with Gasteiger partial charge in [0.15, 0.2) is 9.84 Å². The Morgan fingerprint density at radius 1 is 0.969 bits per heavy atom. The van der Waals surface area contributed by atoms with Crippen LogP contribution in [0.4, 0.5) is 0 Å². The molecule has 1 atom stereocenters. The van der Waals surface area contributed by atoms with Crippen LogP contribution in [0.5, 0.6) is 0 Å². The van der Waals surface area contributed by atoms with Crippen LogP contribution in [0.3, 0.4) is 0 Å². The molecule has 4 aromatic rings. The average Bonchev–Trinajstić information content (AvgIpc) is 3.30. The van der Waals surface area contributed by atoms with Crippen molar-refractivity contribution in [2.45, 2.75) is 23.6 Å². The summed E-state index contributed by atoms with van der Waals surface area (Å²) in [5.41, 5.74) is 1.92. The van der Waals surface area contributed by atoms with E-state index in [1.54, 1.807) is 42.6 Å². The number of para-hydroxylation sites is 1. The molecule has 1 unspecified atom stereocenters. The van der Waals surface area contributed by atoms with Crippen LogP contribution in [0.15, 0.2) is 102 Å². The lowest BCUT2D eigenvalue weighted by molar-refractivity contribution is 0.0938. The molecule has 0 fully saturated rings. The molecule has 6 nitrogen and oxygen atoms in total. The van der Waals surface area contributed by atoms with E-state index in [2.05, 4.69) is 10.3 Å². The standard InChI is InChI=1S/C25H23N3O3S/c1-19(24-26-15-16-28(24)22-12-6-3-7-13-22)27-25(29)21-11-8-14-23(17-21)32(30,31)18-20-9-4-2-5-10-20/h2-17,19H,18H2,1H3,(H,27,29). The van der Waals surface area contributed by atoms with E-state index in [0.717, 1.165) is 5.69 Å². The molecule has 0 saturated carbocycles. The summed E-state index contributed by atoms with van der Waals surface area (Å²) in [5, 5.41) is 2.92. The van der Waals surface area contributed by atoms with Crippen LogP contribution in [-0.2, 0) is 15.6 Å². The molecule has 1 aromatic heterocycles. The Morgan fingerprint density at radius 2 is 1.66 bits per heavy atom. The fourth-order valence-corrected chi connectivity index (χ4v) is 4.88. The van der Waals surface area contributed by atoms with Crippen molar-refractivity contribution in [2.75, 3.05) is 0 Å². The zero-order chi connectivity index (χ0) is 22.6. The van der Waals surface area contributed by atoms with E-state index in [-0.39, 0.29) is 28.2 Å². The minimum atomic E-state index is -3.58. The molecule has 1 heterocycles. The maximum atomic E-state index is 12.9. The second kappa shape index (κ2) is 9.20. The van der Waals surface area contributed by atoms with Crippen LogP contribution in [0.2, 0.25) is 0 Å². The third-order valence-electron chi connectivity index (χ3n) is 5.09. The molecule has 7 heteroatoms. The van der Waals surface area contributed by atoms with Gasteiger partial charge in [0.25, 0.3) is 5.91 Å². The summed E-state index contributed by atoms with van der Waals surface area (Å²) >= 11 is 0. The molecule has 0 aliphatic carbocycles. The van der Waals surface area contributed by atoms with Crippen LogP contribution < -0.4 is 5.32 Å². The number of nitrogens with zero attached hydrogens (tertiary/aromatic N) is 2. The zero-order valence-corrected chi connectivity index (χ0v) is 18.4. The Kier molecular flexibility index (Phi) is 6.18. The summed E-state index contributed by atoms with van der Waals surface area (Å²) in [6, 6.07) is 24.4. The van der Waals surface area contributed by atoms with E-state index in [9.17, 15) is 13.2 Å². The summed E-state index contributed by atoms with van der Waals surface area (Å²) in [6.45, 7) is 1.84. The number of hydrogen-bond donors (Lipinski definition) is 1. The number of nitrogens with one attached hydrogen (secondary N) is 1. The van der Waals surface area contributed by atoms with Crippen molar-refractivity contribution in [3.63, 3.8) is 0 Å². The van der Waals surface area contributed by atoms with Crippen molar-refractivity contribution in [1.82, 2.24) is 14.9 Å². The van der Waals surface area contributed by atoms with E-state index < -0.39 is 9.84 Å². The van der Waals surface area contributed by atoms with Gasteiger partial charge in [-0.2, -0.15) is 0 Å². The Morgan fingerprint density at radius 3 is 2.38 bits per heavy atom. The van der Waals surface area contributed by atoms with Crippen molar-refractivity contribution >= 4 is 15.7 Å². The highest BCUT2D eigenvalue weighted by Gasteiger charge is 2.20. The van der Waals surface area contributed by atoms with E-state index in [4.69, 9.17) is 0 Å². The van der Waals surface area contributed by atoms with Crippen LogP contribution in [0, 0.1) is 0 Å². The highest BCUT2D eigenvalue weighted by Crippen LogP contribution is 2.20. The molecule has 0 bridgehead atoms. The van der Waals surface area contributed by atoms with Crippen LogP contribution in [0.25, 0.3) is 5.69 Å². The molecule has 0 saturated heterocycles. The highest BCUT2D eigenvalue weighted by molar-refractivity contribution is 7.90. The van der Waals surface area contributed by atoms with Gasteiger partial charge in [-0.3, -0.25) is 4.79 Å². The lowest BCUT2D eigenvalue weighted by Crippen LogP contribution is -2.28. The molecule has 1 amide bonds. The van der Waals surface area contributed by atoms with Gasteiger partial charge in [-0.25, -0.2) is 13.4 Å². The molecule has 1 N–H and O–H groups in total. The fraction of sp³-hybridized carbons (Fsp3) is 0.120. The van der Waals surface area contributed by atoms with E-state index >= 15 is 0 Å². The van der Waals surface area contributed by atoms with Crippen molar-refractivity contribution in [3.8, 4) is 5.69 Å². The molecular weight excluding hydrogens is 422 g/mol. The van der Waals surface area contributed by atoms with Crippen molar-refractivity contribution in [1.29, 1.82) is 0 Å². The van der Waals surface area contributed by atoms with Crippen LogP contribution in [0.1, 0.15) is 34.7 Å². The fourth-order valence-electron chi connectivity index (χ4n) is 3.49. The lowest BCUT2D eigenvalue weighted by Gasteiger charge is -2.16. The summed E-state index contributed by atoms with van der Waals surface area (Å²) in [5.74, 6) is 0.193. The molecule has 0 aliphatic rings. The minimum Gasteiger partial charge on any atom is -0.342 e. The first kappa shape index (κ1) is 21.5. The predicted octanol–water partition coefficient (Wildman–Crippen LogP) is 4.34. The van der Waals surface area contributed by atoms with E-state index in [1.807, 2.05) is 54.1 Å². The molecule has 4 rings (SSSR count). The van der Waals surface area contributed by atoms with Crippen molar-refractivity contribution in [2.24, 2.45) is 0 Å². The maximum Gasteiger partial charge on any atom is 0.251 e. The van der Waals surface area contributed by atoms with Gasteiger partial charge >= 0.3 is 0 Å². The van der Waals surface area contributed by atoms with Gasteiger partial charge in [-0.05, 0) is 42.8 Å².